The highest BCUT2D eigenvalue weighted by atomic mass is 16.1. The zero-order valence-corrected chi connectivity index (χ0v) is 12.4. The zero-order chi connectivity index (χ0) is 14.7. The number of benzene rings is 2. The van der Waals surface area contributed by atoms with Gasteiger partial charge in [0.05, 0.1) is 5.54 Å². The van der Waals surface area contributed by atoms with E-state index in [0.29, 0.717) is 0 Å². The Labute approximate surface area is 126 Å². The smallest absolute Gasteiger partial charge is 0.252 e. The van der Waals surface area contributed by atoms with Crippen molar-refractivity contribution in [3.8, 4) is 0 Å². The second-order valence-electron chi connectivity index (χ2n) is 5.92. The number of hydrogen-bond donors (Lipinski definition) is 1. The summed E-state index contributed by atoms with van der Waals surface area (Å²) >= 11 is 0. The fraction of sp³-hybridized carbons (Fsp3) is 0.316. The molecule has 1 N–H and O–H groups in total. The molecule has 1 aliphatic rings. The van der Waals surface area contributed by atoms with Crippen LogP contribution in [0.25, 0.3) is 0 Å². The molecule has 0 unspecified atom stereocenters. The van der Waals surface area contributed by atoms with Gasteiger partial charge in [0.2, 0.25) is 0 Å². The quantitative estimate of drug-likeness (QED) is 0.896. The maximum atomic E-state index is 12.7. The molecule has 2 heteroatoms. The van der Waals surface area contributed by atoms with Crippen molar-refractivity contribution in [2.75, 3.05) is 0 Å². The topological polar surface area (TPSA) is 29.1 Å². The lowest BCUT2D eigenvalue weighted by Crippen LogP contribution is -2.44. The Morgan fingerprint density at radius 1 is 0.952 bits per heavy atom. The van der Waals surface area contributed by atoms with Crippen molar-refractivity contribution < 1.29 is 4.79 Å². The van der Waals surface area contributed by atoms with Gasteiger partial charge in [-0.05, 0) is 37.0 Å². The summed E-state index contributed by atoms with van der Waals surface area (Å²) < 4.78 is 0. The molecule has 0 aromatic heterocycles. The van der Waals surface area contributed by atoms with Crippen LogP contribution in [0, 0.1) is 6.92 Å². The van der Waals surface area contributed by atoms with Crippen LogP contribution in [0.4, 0.5) is 0 Å². The lowest BCUT2D eigenvalue weighted by molar-refractivity contribution is 0.0897. The molecule has 0 aliphatic heterocycles. The van der Waals surface area contributed by atoms with Gasteiger partial charge in [-0.25, -0.2) is 0 Å². The summed E-state index contributed by atoms with van der Waals surface area (Å²) in [6.45, 7) is 1.98. The molecular formula is C19H21NO. The zero-order valence-electron chi connectivity index (χ0n) is 12.4. The van der Waals surface area contributed by atoms with Gasteiger partial charge in [-0.3, -0.25) is 4.79 Å². The van der Waals surface area contributed by atoms with E-state index in [2.05, 4.69) is 29.6 Å². The number of carbonyl (C=O) groups excluding carboxylic acids is 1. The molecule has 2 aromatic carbocycles. The summed E-state index contributed by atoms with van der Waals surface area (Å²) in [6, 6.07) is 18.2. The average molecular weight is 279 g/mol. The predicted octanol–water partition coefficient (Wildman–Crippen LogP) is 4.19. The molecule has 2 aromatic rings. The second kappa shape index (κ2) is 5.72. The van der Waals surface area contributed by atoms with Crippen LogP contribution in [0.3, 0.4) is 0 Å². The number of hydrogen-bond acceptors (Lipinski definition) is 1. The molecule has 3 rings (SSSR count). The van der Waals surface area contributed by atoms with Gasteiger partial charge in [0.1, 0.15) is 0 Å². The molecule has 0 saturated heterocycles. The minimum Gasteiger partial charge on any atom is -0.343 e. The van der Waals surface area contributed by atoms with Crippen molar-refractivity contribution in [3.63, 3.8) is 0 Å². The summed E-state index contributed by atoms with van der Waals surface area (Å²) in [5.74, 6) is 0.0406. The lowest BCUT2D eigenvalue weighted by Gasteiger charge is -2.31. The van der Waals surface area contributed by atoms with Crippen LogP contribution in [0.5, 0.6) is 0 Å². The first-order valence-electron chi connectivity index (χ1n) is 7.65. The van der Waals surface area contributed by atoms with Gasteiger partial charge in [-0.1, -0.05) is 61.4 Å². The average Bonchev–Trinajstić information content (AvgIpc) is 2.98. The maximum absolute atomic E-state index is 12.7. The number of rotatable bonds is 3. The van der Waals surface area contributed by atoms with E-state index in [1.807, 2.05) is 37.3 Å². The number of carbonyl (C=O) groups is 1. The Bertz CT molecular complexity index is 627. The summed E-state index contributed by atoms with van der Waals surface area (Å²) in [6.07, 6.45) is 4.38. The summed E-state index contributed by atoms with van der Waals surface area (Å²) in [4.78, 5) is 12.7. The van der Waals surface area contributed by atoms with Crippen molar-refractivity contribution in [1.82, 2.24) is 5.32 Å². The van der Waals surface area contributed by atoms with Gasteiger partial charge in [-0.15, -0.1) is 0 Å². The van der Waals surface area contributed by atoms with Gasteiger partial charge in [0, 0.05) is 5.56 Å². The Kier molecular flexibility index (Phi) is 3.78. The van der Waals surface area contributed by atoms with Crippen molar-refractivity contribution in [2.24, 2.45) is 0 Å². The highest BCUT2D eigenvalue weighted by Crippen LogP contribution is 2.38. The first-order chi connectivity index (χ1) is 10.2. The van der Waals surface area contributed by atoms with Crippen LogP contribution in [-0.4, -0.2) is 5.91 Å². The van der Waals surface area contributed by atoms with Crippen molar-refractivity contribution in [3.05, 3.63) is 71.3 Å². The summed E-state index contributed by atoms with van der Waals surface area (Å²) in [5.41, 5.74) is 2.83. The van der Waals surface area contributed by atoms with Crippen molar-refractivity contribution >= 4 is 5.91 Å². The fourth-order valence-corrected chi connectivity index (χ4v) is 3.33. The van der Waals surface area contributed by atoms with Gasteiger partial charge >= 0.3 is 0 Å². The molecular weight excluding hydrogens is 258 g/mol. The maximum Gasteiger partial charge on any atom is 0.252 e. The van der Waals surface area contributed by atoms with Gasteiger partial charge in [0.25, 0.3) is 5.91 Å². The number of nitrogens with one attached hydrogen (secondary N) is 1. The first kappa shape index (κ1) is 13.9. The van der Waals surface area contributed by atoms with Crippen molar-refractivity contribution in [2.45, 2.75) is 38.1 Å². The highest BCUT2D eigenvalue weighted by molar-refractivity contribution is 5.96. The van der Waals surface area contributed by atoms with Crippen LogP contribution < -0.4 is 5.32 Å². The molecule has 0 atom stereocenters. The standard InChI is InChI=1S/C19H21NO/c1-15-9-5-6-12-17(15)18(21)20-19(13-7-8-14-19)16-10-3-2-4-11-16/h2-6,9-12H,7-8,13-14H2,1H3,(H,20,21). The molecule has 0 radical (unpaired) electrons. The van der Waals surface area contributed by atoms with E-state index in [0.717, 1.165) is 24.0 Å². The molecule has 0 bridgehead atoms. The van der Waals surface area contributed by atoms with Crippen LogP contribution >= 0.6 is 0 Å². The van der Waals surface area contributed by atoms with E-state index in [1.165, 1.54) is 18.4 Å². The highest BCUT2D eigenvalue weighted by Gasteiger charge is 2.37. The van der Waals surface area contributed by atoms with Gasteiger partial charge < -0.3 is 5.32 Å². The molecule has 108 valence electrons. The fourth-order valence-electron chi connectivity index (χ4n) is 3.33. The predicted molar refractivity (Wildman–Crippen MR) is 85.2 cm³/mol. The SMILES string of the molecule is Cc1ccccc1C(=O)NC1(c2ccccc2)CCCC1. The molecule has 21 heavy (non-hydrogen) atoms. The molecule has 1 saturated carbocycles. The van der Waals surface area contributed by atoms with Gasteiger partial charge in [-0.2, -0.15) is 0 Å². The molecule has 0 spiro atoms. The van der Waals surface area contributed by atoms with Crippen LogP contribution in [0.1, 0.15) is 47.2 Å². The normalized spacial score (nSPS) is 16.6. The van der Waals surface area contributed by atoms with Crippen LogP contribution in [-0.2, 0) is 5.54 Å². The third kappa shape index (κ3) is 2.71. The molecule has 2 nitrogen and oxygen atoms in total. The van der Waals surface area contributed by atoms with E-state index in [1.54, 1.807) is 0 Å². The lowest BCUT2D eigenvalue weighted by atomic mass is 9.87. The van der Waals surface area contributed by atoms with Crippen LogP contribution in [0.2, 0.25) is 0 Å². The van der Waals surface area contributed by atoms with E-state index in [9.17, 15) is 4.79 Å². The van der Waals surface area contributed by atoms with E-state index in [-0.39, 0.29) is 11.4 Å². The minimum atomic E-state index is -0.194. The van der Waals surface area contributed by atoms with E-state index >= 15 is 0 Å². The second-order valence-corrected chi connectivity index (χ2v) is 5.92. The summed E-state index contributed by atoms with van der Waals surface area (Å²) in [7, 11) is 0. The molecule has 1 amide bonds. The molecule has 1 aliphatic carbocycles. The minimum absolute atomic E-state index is 0.0406. The monoisotopic (exact) mass is 279 g/mol. The number of aryl methyl sites for hydroxylation is 1. The van der Waals surface area contributed by atoms with Crippen LogP contribution in [0.15, 0.2) is 54.6 Å². The Morgan fingerprint density at radius 3 is 2.24 bits per heavy atom. The third-order valence-corrected chi connectivity index (χ3v) is 4.53. The van der Waals surface area contributed by atoms with E-state index < -0.39 is 0 Å². The molecule has 0 heterocycles. The van der Waals surface area contributed by atoms with E-state index in [4.69, 9.17) is 0 Å². The Hall–Kier alpha value is -2.09. The Balaban J connectivity index is 1.90. The molecule has 1 fully saturated rings. The number of amides is 1. The first-order valence-corrected chi connectivity index (χ1v) is 7.65. The Morgan fingerprint density at radius 2 is 1.57 bits per heavy atom. The van der Waals surface area contributed by atoms with Gasteiger partial charge in [0.15, 0.2) is 0 Å². The summed E-state index contributed by atoms with van der Waals surface area (Å²) in [5, 5.41) is 3.33. The van der Waals surface area contributed by atoms with Crippen molar-refractivity contribution in [1.29, 1.82) is 0 Å². The third-order valence-electron chi connectivity index (χ3n) is 4.53. The largest absolute Gasteiger partial charge is 0.343 e.